The molecule has 0 bridgehead atoms. The lowest BCUT2D eigenvalue weighted by atomic mass is 10.1. The number of hydrogen-bond donors (Lipinski definition) is 1. The Morgan fingerprint density at radius 2 is 1.54 bits per heavy atom. The average Bonchev–Trinajstić information content (AvgIpc) is 3.35. The molecule has 2 saturated carbocycles. The van der Waals surface area contributed by atoms with Crippen molar-refractivity contribution in [2.45, 2.75) is 37.7 Å². The molecule has 8 heteroatoms. The van der Waals surface area contributed by atoms with Crippen LogP contribution in [0.1, 0.15) is 31.4 Å². The summed E-state index contributed by atoms with van der Waals surface area (Å²) in [6.45, 7) is 1.67. The maximum atomic E-state index is 12.6. The number of ether oxygens (including phenoxy) is 1. The number of hydrogen-bond acceptors (Lipinski definition) is 3. The Labute approximate surface area is 135 Å². The highest BCUT2D eigenvalue weighted by Gasteiger charge is 2.62. The third-order valence-corrected chi connectivity index (χ3v) is 3.80. The van der Waals surface area contributed by atoms with Gasteiger partial charge in [0.1, 0.15) is 17.9 Å². The number of esters is 1. The predicted molar refractivity (Wildman–Crippen MR) is 74.7 cm³/mol. The molecule has 2 aliphatic rings. The van der Waals surface area contributed by atoms with Gasteiger partial charge in [-0.2, -0.15) is 0 Å². The molecule has 132 valence electrons. The first kappa shape index (κ1) is 18.2. The Morgan fingerprint density at radius 1 is 1.08 bits per heavy atom. The number of carbonyl (C=O) groups excluding carboxylic acids is 1. The van der Waals surface area contributed by atoms with Crippen molar-refractivity contribution in [3.05, 3.63) is 35.9 Å². The summed E-state index contributed by atoms with van der Waals surface area (Å²) in [5, 5.41) is 7.91. The van der Waals surface area contributed by atoms with E-state index in [2.05, 4.69) is 0 Å². The molecule has 0 radical (unpaired) electrons. The highest BCUT2D eigenvalue weighted by Crippen LogP contribution is 2.50. The normalized spacial score (nSPS) is 26.4. The third kappa shape index (κ3) is 4.46. The second-order valence-corrected chi connectivity index (χ2v) is 5.86. The van der Waals surface area contributed by atoms with E-state index >= 15 is 0 Å². The summed E-state index contributed by atoms with van der Waals surface area (Å²) in [6, 6.07) is 9.05. The molecule has 24 heavy (non-hydrogen) atoms. The molecule has 0 aliphatic heterocycles. The van der Waals surface area contributed by atoms with Gasteiger partial charge in [-0.05, 0) is 12.5 Å². The largest absolute Gasteiger partial charge is 0.481 e. The lowest BCUT2D eigenvalue weighted by Gasteiger charge is -2.13. The van der Waals surface area contributed by atoms with Gasteiger partial charge in [-0.1, -0.05) is 30.3 Å². The summed E-state index contributed by atoms with van der Waals surface area (Å²) >= 11 is 0. The fourth-order valence-corrected chi connectivity index (χ4v) is 2.00. The Morgan fingerprint density at radius 3 is 1.88 bits per heavy atom. The molecule has 2 fully saturated rings. The van der Waals surface area contributed by atoms with Crippen LogP contribution in [0, 0.1) is 11.8 Å². The minimum atomic E-state index is -2.91. The Hall–Kier alpha value is -2.12. The first-order valence-electron chi connectivity index (χ1n) is 7.28. The SMILES string of the molecule is C[C@H](OC(=O)[C@@H]1CC1(F)F)c1ccccc1.O=C(O)[C@@H]1CC1(F)F. The zero-order valence-electron chi connectivity index (χ0n) is 12.7. The summed E-state index contributed by atoms with van der Waals surface area (Å²) in [6.07, 6.45) is -1.35. The van der Waals surface area contributed by atoms with Crippen LogP contribution in [0.2, 0.25) is 0 Å². The van der Waals surface area contributed by atoms with E-state index in [1.54, 1.807) is 19.1 Å². The number of halogens is 4. The van der Waals surface area contributed by atoms with Gasteiger partial charge in [-0.25, -0.2) is 17.6 Å². The zero-order chi connectivity index (χ0) is 18.1. The van der Waals surface area contributed by atoms with Crippen LogP contribution in [0.25, 0.3) is 0 Å². The standard InChI is InChI=1S/C12H12F2O2.C4H4F2O2/c1-8(9-5-3-2-4-6-9)16-11(15)10-7-12(10,13)14;5-4(6)1-2(4)3(7)8/h2-6,8,10H,7H2,1H3;2H,1H2,(H,7,8)/t8-,10-;2-/m00/s1. The van der Waals surface area contributed by atoms with Crippen molar-refractivity contribution in [3.63, 3.8) is 0 Å². The van der Waals surface area contributed by atoms with Crippen molar-refractivity contribution in [1.29, 1.82) is 0 Å². The second kappa shape index (κ2) is 6.41. The van der Waals surface area contributed by atoms with Crippen molar-refractivity contribution < 1.29 is 37.0 Å². The Bertz CT molecular complexity index is 618. The molecule has 1 N–H and O–H groups in total. The molecule has 0 saturated heterocycles. The van der Waals surface area contributed by atoms with Crippen molar-refractivity contribution in [1.82, 2.24) is 0 Å². The molecule has 0 amide bonds. The minimum absolute atomic E-state index is 0.382. The maximum absolute atomic E-state index is 12.6. The number of carbonyl (C=O) groups is 2. The van der Waals surface area contributed by atoms with Gasteiger partial charge in [-0.15, -0.1) is 0 Å². The summed E-state index contributed by atoms with van der Waals surface area (Å²) in [5.74, 6) is -10.6. The number of carboxylic acid groups (broad SMARTS) is 1. The van der Waals surface area contributed by atoms with Crippen molar-refractivity contribution in [3.8, 4) is 0 Å². The van der Waals surface area contributed by atoms with Gasteiger partial charge >= 0.3 is 11.9 Å². The highest BCUT2D eigenvalue weighted by molar-refractivity contribution is 5.77. The molecule has 4 nitrogen and oxygen atoms in total. The van der Waals surface area contributed by atoms with Gasteiger partial charge in [0.2, 0.25) is 0 Å². The van der Waals surface area contributed by atoms with Gasteiger partial charge in [0.05, 0.1) is 0 Å². The van der Waals surface area contributed by atoms with E-state index in [0.29, 0.717) is 0 Å². The zero-order valence-corrected chi connectivity index (χ0v) is 12.7. The van der Waals surface area contributed by atoms with Crippen LogP contribution in [0.15, 0.2) is 30.3 Å². The van der Waals surface area contributed by atoms with Crippen LogP contribution in [-0.4, -0.2) is 28.9 Å². The van der Waals surface area contributed by atoms with Gasteiger partial charge in [0.25, 0.3) is 11.8 Å². The molecule has 3 atom stereocenters. The van der Waals surface area contributed by atoms with E-state index < -0.39 is 48.1 Å². The summed E-state index contributed by atoms with van der Waals surface area (Å²) in [4.78, 5) is 21.0. The molecular weight excluding hydrogens is 332 g/mol. The van der Waals surface area contributed by atoms with Gasteiger partial charge < -0.3 is 9.84 Å². The second-order valence-electron chi connectivity index (χ2n) is 5.86. The summed E-state index contributed by atoms with van der Waals surface area (Å²) < 4.78 is 53.5. The van der Waals surface area contributed by atoms with E-state index in [9.17, 15) is 27.2 Å². The van der Waals surface area contributed by atoms with Crippen molar-refractivity contribution in [2.24, 2.45) is 11.8 Å². The molecule has 1 aromatic rings. The quantitative estimate of drug-likeness (QED) is 0.666. The Balaban J connectivity index is 0.000000219. The number of rotatable bonds is 4. The van der Waals surface area contributed by atoms with Crippen LogP contribution in [-0.2, 0) is 14.3 Å². The minimum Gasteiger partial charge on any atom is -0.481 e. The summed E-state index contributed by atoms with van der Waals surface area (Å²) in [5.41, 5.74) is 0.805. The van der Waals surface area contributed by atoms with Crippen LogP contribution in [0.4, 0.5) is 17.6 Å². The van der Waals surface area contributed by atoms with Gasteiger partial charge in [0, 0.05) is 12.8 Å². The van der Waals surface area contributed by atoms with E-state index in [1.165, 1.54) is 0 Å². The van der Waals surface area contributed by atoms with Crippen LogP contribution >= 0.6 is 0 Å². The first-order valence-corrected chi connectivity index (χ1v) is 7.28. The molecule has 2 aliphatic carbocycles. The van der Waals surface area contributed by atoms with Crippen molar-refractivity contribution in [2.75, 3.05) is 0 Å². The molecule has 0 unspecified atom stereocenters. The van der Waals surface area contributed by atoms with E-state index in [-0.39, 0.29) is 6.42 Å². The van der Waals surface area contributed by atoms with Crippen molar-refractivity contribution >= 4 is 11.9 Å². The number of aliphatic carboxylic acids is 1. The van der Waals surface area contributed by atoms with Crippen LogP contribution in [0.3, 0.4) is 0 Å². The molecule has 3 rings (SSSR count). The highest BCUT2D eigenvalue weighted by atomic mass is 19.3. The molecular formula is C16H16F4O4. The fourth-order valence-electron chi connectivity index (χ4n) is 2.00. The molecule has 1 aromatic carbocycles. The van der Waals surface area contributed by atoms with E-state index in [1.807, 2.05) is 18.2 Å². The number of benzene rings is 1. The topological polar surface area (TPSA) is 63.6 Å². The third-order valence-electron chi connectivity index (χ3n) is 3.80. The van der Waals surface area contributed by atoms with Gasteiger partial charge in [-0.3, -0.25) is 9.59 Å². The first-order chi connectivity index (χ1) is 11.0. The predicted octanol–water partition coefficient (Wildman–Crippen LogP) is 3.67. The maximum Gasteiger partial charge on any atom is 0.315 e. The fraction of sp³-hybridized carbons (Fsp3) is 0.500. The lowest BCUT2D eigenvalue weighted by molar-refractivity contribution is -0.152. The van der Waals surface area contributed by atoms with Crippen LogP contribution in [0.5, 0.6) is 0 Å². The van der Waals surface area contributed by atoms with Gasteiger partial charge in [0.15, 0.2) is 0 Å². The lowest BCUT2D eigenvalue weighted by Crippen LogP contribution is -2.14. The number of carboxylic acids is 1. The monoisotopic (exact) mass is 348 g/mol. The molecule has 0 heterocycles. The average molecular weight is 348 g/mol. The van der Waals surface area contributed by atoms with E-state index in [0.717, 1.165) is 5.56 Å². The smallest absolute Gasteiger partial charge is 0.315 e. The number of alkyl halides is 4. The van der Waals surface area contributed by atoms with E-state index in [4.69, 9.17) is 9.84 Å². The summed E-state index contributed by atoms with van der Waals surface area (Å²) in [7, 11) is 0. The van der Waals surface area contributed by atoms with Crippen LogP contribution < -0.4 is 0 Å². The molecule has 0 spiro atoms. The Kier molecular flexibility index (Phi) is 4.87. The molecule has 0 aromatic heterocycles.